The summed E-state index contributed by atoms with van der Waals surface area (Å²) >= 11 is 0. The normalized spacial score (nSPS) is 10.7. The average Bonchev–Trinajstić information content (AvgIpc) is 2.59. The zero-order valence-corrected chi connectivity index (χ0v) is 14.5. The molecule has 0 amide bonds. The van der Waals surface area contributed by atoms with Crippen molar-refractivity contribution < 1.29 is 14.9 Å². The fraction of sp³-hybridized carbons (Fsp3) is 0.429. The molecule has 3 nitrogen and oxygen atoms in total. The fourth-order valence-electron chi connectivity index (χ4n) is 2.73. The van der Waals surface area contributed by atoms with Crippen molar-refractivity contribution in [2.24, 2.45) is 0 Å². The van der Waals surface area contributed by atoms with Crippen molar-refractivity contribution in [2.75, 3.05) is 0 Å². The van der Waals surface area contributed by atoms with Crippen LogP contribution in [-0.4, -0.2) is 10.2 Å². The Balaban J connectivity index is 1.75. The van der Waals surface area contributed by atoms with E-state index in [9.17, 15) is 10.2 Å². The number of rotatable bonds is 10. The summed E-state index contributed by atoms with van der Waals surface area (Å²) in [6, 6.07) is 12.6. The first-order valence-corrected chi connectivity index (χ1v) is 8.98. The molecule has 2 rings (SSSR count). The molecule has 0 aliphatic carbocycles. The van der Waals surface area contributed by atoms with E-state index in [1.807, 2.05) is 12.1 Å². The van der Waals surface area contributed by atoms with Gasteiger partial charge in [0.15, 0.2) is 11.5 Å². The molecule has 0 fully saturated rings. The minimum absolute atomic E-state index is 0.178. The highest BCUT2D eigenvalue weighted by Gasteiger charge is 2.07. The molecule has 3 heteroatoms. The summed E-state index contributed by atoms with van der Waals surface area (Å²) < 4.78 is 5.62. The number of aromatic hydroxyl groups is 2. The van der Waals surface area contributed by atoms with E-state index < -0.39 is 0 Å². The number of hydrogen-bond acceptors (Lipinski definition) is 3. The molecule has 0 bridgehead atoms. The predicted molar refractivity (Wildman–Crippen MR) is 98.0 cm³/mol. The van der Waals surface area contributed by atoms with Gasteiger partial charge in [-0.2, -0.15) is 0 Å². The molecule has 2 aromatic carbocycles. The zero-order valence-electron chi connectivity index (χ0n) is 14.5. The molecular weight excluding hydrogens is 300 g/mol. The van der Waals surface area contributed by atoms with Crippen molar-refractivity contribution in [1.82, 2.24) is 0 Å². The van der Waals surface area contributed by atoms with Crippen LogP contribution in [0.15, 0.2) is 42.5 Å². The first kappa shape index (κ1) is 18.2. The second-order valence-corrected chi connectivity index (χ2v) is 6.24. The maximum absolute atomic E-state index is 9.76. The first-order valence-electron chi connectivity index (χ1n) is 8.98. The lowest BCUT2D eigenvalue weighted by Gasteiger charge is -2.09. The van der Waals surface area contributed by atoms with Crippen LogP contribution in [0.4, 0.5) is 0 Å². The molecule has 0 saturated heterocycles. The Labute approximate surface area is 144 Å². The summed E-state index contributed by atoms with van der Waals surface area (Å²) in [6.45, 7) is 2.25. The third-order valence-electron chi connectivity index (χ3n) is 4.20. The molecule has 0 radical (unpaired) electrons. The van der Waals surface area contributed by atoms with Crippen molar-refractivity contribution >= 4 is 0 Å². The molecular formula is C21H28O3. The largest absolute Gasteiger partial charge is 0.504 e. The molecule has 0 aliphatic rings. The van der Waals surface area contributed by atoms with Crippen molar-refractivity contribution in [2.45, 2.75) is 58.3 Å². The number of aryl methyl sites for hydroxylation is 1. The lowest BCUT2D eigenvalue weighted by Crippen LogP contribution is -1.88. The number of unbranched alkanes of at least 4 members (excludes halogenated alkanes) is 6. The molecule has 0 spiro atoms. The Hall–Kier alpha value is -2.16. The Morgan fingerprint density at radius 2 is 1.46 bits per heavy atom. The number of hydrogen-bond donors (Lipinski definition) is 2. The van der Waals surface area contributed by atoms with Crippen LogP contribution < -0.4 is 4.74 Å². The van der Waals surface area contributed by atoms with E-state index in [2.05, 4.69) is 19.1 Å². The first-order chi connectivity index (χ1) is 11.7. The Morgan fingerprint density at radius 1 is 0.792 bits per heavy atom. The number of phenolic OH excluding ortho intramolecular Hbond substituents is 2. The van der Waals surface area contributed by atoms with E-state index in [0.717, 1.165) is 6.42 Å². The minimum Gasteiger partial charge on any atom is -0.504 e. The van der Waals surface area contributed by atoms with Gasteiger partial charge in [-0.05, 0) is 42.7 Å². The van der Waals surface area contributed by atoms with E-state index >= 15 is 0 Å². The van der Waals surface area contributed by atoms with Crippen molar-refractivity contribution in [3.05, 3.63) is 48.0 Å². The van der Waals surface area contributed by atoms with Gasteiger partial charge in [-0.15, -0.1) is 0 Å². The van der Waals surface area contributed by atoms with Gasteiger partial charge in [0.2, 0.25) is 5.75 Å². The van der Waals surface area contributed by atoms with Crippen LogP contribution in [0.1, 0.15) is 57.4 Å². The maximum atomic E-state index is 9.76. The van der Waals surface area contributed by atoms with Crippen LogP contribution in [-0.2, 0) is 6.42 Å². The Morgan fingerprint density at radius 3 is 2.17 bits per heavy atom. The number of benzene rings is 2. The van der Waals surface area contributed by atoms with Gasteiger partial charge < -0.3 is 14.9 Å². The second-order valence-electron chi connectivity index (χ2n) is 6.24. The van der Waals surface area contributed by atoms with Crippen molar-refractivity contribution in [3.63, 3.8) is 0 Å². The number of ether oxygens (including phenoxy) is 1. The third kappa shape index (κ3) is 5.80. The average molecular weight is 328 g/mol. The van der Waals surface area contributed by atoms with Crippen LogP contribution in [0.2, 0.25) is 0 Å². The van der Waals surface area contributed by atoms with E-state index in [1.54, 1.807) is 12.1 Å². The quantitative estimate of drug-likeness (QED) is 0.404. The van der Waals surface area contributed by atoms with Gasteiger partial charge in [-0.3, -0.25) is 0 Å². The number of phenols is 2. The summed E-state index contributed by atoms with van der Waals surface area (Å²) in [5.74, 6) is 0.502. The monoisotopic (exact) mass is 328 g/mol. The predicted octanol–water partition coefficient (Wildman–Crippen LogP) is 6.18. The van der Waals surface area contributed by atoms with Gasteiger partial charge in [-0.1, -0.05) is 63.6 Å². The molecule has 0 saturated carbocycles. The summed E-state index contributed by atoms with van der Waals surface area (Å²) in [4.78, 5) is 0. The smallest absolute Gasteiger partial charge is 0.201 e. The third-order valence-corrected chi connectivity index (χ3v) is 4.20. The Kier molecular flexibility index (Phi) is 7.47. The summed E-state index contributed by atoms with van der Waals surface area (Å²) in [6.07, 6.45) is 10.3. The summed E-state index contributed by atoms with van der Waals surface area (Å²) in [5.41, 5.74) is 1.30. The van der Waals surface area contributed by atoms with E-state index in [1.165, 1.54) is 56.6 Å². The molecule has 0 atom stereocenters. The molecule has 0 aromatic heterocycles. The Bertz CT molecular complexity index is 605. The molecule has 130 valence electrons. The standard InChI is InChI=1S/C21H28O3/c1-2-3-4-5-6-7-8-10-17-13-15-18(16-14-17)24-20-12-9-11-19(22)21(20)23/h9,11-16,22-23H,2-8,10H2,1H3. The second kappa shape index (κ2) is 9.86. The molecule has 0 heterocycles. The van der Waals surface area contributed by atoms with Gasteiger partial charge in [0.05, 0.1) is 0 Å². The number of para-hydroxylation sites is 1. The van der Waals surface area contributed by atoms with Crippen LogP contribution in [0.3, 0.4) is 0 Å². The van der Waals surface area contributed by atoms with Gasteiger partial charge in [0, 0.05) is 0 Å². The maximum Gasteiger partial charge on any atom is 0.201 e. The molecule has 0 aliphatic heterocycles. The van der Waals surface area contributed by atoms with Gasteiger partial charge in [0.25, 0.3) is 0 Å². The highest BCUT2D eigenvalue weighted by molar-refractivity contribution is 5.50. The lowest BCUT2D eigenvalue weighted by molar-refractivity contribution is 0.373. The van der Waals surface area contributed by atoms with Crippen LogP contribution in [0, 0.1) is 0 Å². The van der Waals surface area contributed by atoms with E-state index in [0.29, 0.717) is 5.75 Å². The van der Waals surface area contributed by atoms with E-state index in [-0.39, 0.29) is 17.2 Å². The van der Waals surface area contributed by atoms with Gasteiger partial charge in [-0.25, -0.2) is 0 Å². The molecule has 0 unspecified atom stereocenters. The molecule has 2 N–H and O–H groups in total. The van der Waals surface area contributed by atoms with Gasteiger partial charge >= 0.3 is 0 Å². The summed E-state index contributed by atoms with van der Waals surface area (Å²) in [5, 5.41) is 19.2. The highest BCUT2D eigenvalue weighted by atomic mass is 16.5. The lowest BCUT2D eigenvalue weighted by atomic mass is 10.0. The highest BCUT2D eigenvalue weighted by Crippen LogP contribution is 2.37. The minimum atomic E-state index is -0.232. The van der Waals surface area contributed by atoms with Crippen LogP contribution >= 0.6 is 0 Å². The van der Waals surface area contributed by atoms with Crippen molar-refractivity contribution in [1.29, 1.82) is 0 Å². The van der Waals surface area contributed by atoms with E-state index in [4.69, 9.17) is 4.74 Å². The zero-order chi connectivity index (χ0) is 17.2. The van der Waals surface area contributed by atoms with Crippen molar-refractivity contribution in [3.8, 4) is 23.0 Å². The molecule has 24 heavy (non-hydrogen) atoms. The summed E-state index contributed by atoms with van der Waals surface area (Å²) in [7, 11) is 0. The SMILES string of the molecule is CCCCCCCCCc1ccc(Oc2cccc(O)c2O)cc1. The van der Waals surface area contributed by atoms with Gasteiger partial charge in [0.1, 0.15) is 5.75 Å². The topological polar surface area (TPSA) is 49.7 Å². The fourth-order valence-corrected chi connectivity index (χ4v) is 2.73. The van der Waals surface area contributed by atoms with Crippen LogP contribution in [0.5, 0.6) is 23.0 Å². The van der Waals surface area contributed by atoms with Crippen LogP contribution in [0.25, 0.3) is 0 Å². The molecule has 2 aromatic rings.